The zero-order valence-electron chi connectivity index (χ0n) is 12.5. The van der Waals surface area contributed by atoms with E-state index in [1.807, 2.05) is 30.3 Å². The van der Waals surface area contributed by atoms with Gasteiger partial charge in [-0.2, -0.15) is 0 Å². The Bertz CT molecular complexity index is 710. The number of ether oxygens (including phenoxy) is 2. The molecule has 0 atom stereocenters. The number of carbonyl (C=O) groups excluding carboxylic acids is 2. The van der Waals surface area contributed by atoms with Crippen molar-refractivity contribution in [1.29, 1.82) is 0 Å². The molecule has 118 valence electrons. The minimum atomic E-state index is -0.575. The molecule has 0 spiro atoms. The molecular formula is C18H17NO4. The largest absolute Gasteiger partial charge is 0.458 e. The van der Waals surface area contributed by atoms with E-state index in [1.54, 1.807) is 0 Å². The Morgan fingerprint density at radius 1 is 1.00 bits per heavy atom. The summed E-state index contributed by atoms with van der Waals surface area (Å²) < 4.78 is 10.2. The van der Waals surface area contributed by atoms with E-state index < -0.39 is 11.9 Å². The van der Waals surface area contributed by atoms with Crippen molar-refractivity contribution in [2.45, 2.75) is 6.61 Å². The van der Waals surface area contributed by atoms with Crippen LogP contribution in [0.2, 0.25) is 0 Å². The summed E-state index contributed by atoms with van der Waals surface area (Å²) in [5.41, 5.74) is 7.28. The molecule has 2 N–H and O–H groups in total. The Hall–Kier alpha value is -3.08. The molecule has 2 rings (SSSR count). The van der Waals surface area contributed by atoms with Crippen LogP contribution in [0.3, 0.4) is 0 Å². The lowest BCUT2D eigenvalue weighted by Crippen LogP contribution is -2.10. The van der Waals surface area contributed by atoms with Crippen molar-refractivity contribution < 1.29 is 19.1 Å². The highest BCUT2D eigenvalue weighted by Crippen LogP contribution is 2.15. The van der Waals surface area contributed by atoms with Gasteiger partial charge in [0, 0.05) is 5.69 Å². The van der Waals surface area contributed by atoms with Gasteiger partial charge in [0.15, 0.2) is 0 Å². The minimum absolute atomic E-state index is 0.0847. The lowest BCUT2D eigenvalue weighted by molar-refractivity contribution is 0.0472. The second-order valence-corrected chi connectivity index (χ2v) is 4.79. The van der Waals surface area contributed by atoms with Crippen LogP contribution in [-0.2, 0) is 16.1 Å². The van der Waals surface area contributed by atoms with Crippen LogP contribution in [0.25, 0.3) is 0 Å². The highest BCUT2D eigenvalue weighted by atomic mass is 16.5. The molecule has 5 nitrogen and oxygen atoms in total. The van der Waals surface area contributed by atoms with Gasteiger partial charge in [0.1, 0.15) is 13.2 Å². The van der Waals surface area contributed by atoms with Gasteiger partial charge in [0.25, 0.3) is 0 Å². The van der Waals surface area contributed by atoms with Crippen molar-refractivity contribution in [3.63, 3.8) is 0 Å². The maximum Gasteiger partial charge on any atom is 0.338 e. The third-order valence-electron chi connectivity index (χ3n) is 2.97. The molecule has 0 fully saturated rings. The smallest absolute Gasteiger partial charge is 0.338 e. The van der Waals surface area contributed by atoms with Gasteiger partial charge < -0.3 is 15.2 Å². The predicted octanol–water partition coefficient (Wildman–Crippen LogP) is 2.97. The van der Waals surface area contributed by atoms with Crippen LogP contribution in [0.1, 0.15) is 26.3 Å². The minimum Gasteiger partial charge on any atom is -0.458 e. The lowest BCUT2D eigenvalue weighted by atomic mass is 10.1. The standard InChI is InChI=1S/C18H17NO4/c1-2-8-22-17(20)14-9-15(11-16(19)10-14)18(21)23-12-13-6-4-3-5-7-13/h2-7,9-11H,1,8,12,19H2. The second-order valence-electron chi connectivity index (χ2n) is 4.79. The molecule has 2 aromatic rings. The van der Waals surface area contributed by atoms with Crippen LogP contribution in [0.4, 0.5) is 5.69 Å². The maximum absolute atomic E-state index is 12.1. The summed E-state index contributed by atoms with van der Waals surface area (Å²) in [7, 11) is 0. The Labute approximate surface area is 134 Å². The normalized spacial score (nSPS) is 9.91. The zero-order valence-corrected chi connectivity index (χ0v) is 12.5. The van der Waals surface area contributed by atoms with Gasteiger partial charge in [-0.1, -0.05) is 43.0 Å². The molecule has 0 aromatic heterocycles. The number of benzene rings is 2. The van der Waals surface area contributed by atoms with Gasteiger partial charge in [-0.15, -0.1) is 0 Å². The van der Waals surface area contributed by atoms with E-state index in [-0.39, 0.29) is 30.0 Å². The summed E-state index contributed by atoms with van der Waals surface area (Å²) in [6.07, 6.45) is 1.46. The first kappa shape index (κ1) is 16.3. The van der Waals surface area contributed by atoms with Crippen molar-refractivity contribution in [2.75, 3.05) is 12.3 Å². The summed E-state index contributed by atoms with van der Waals surface area (Å²) >= 11 is 0. The quantitative estimate of drug-likeness (QED) is 0.504. The Balaban J connectivity index is 2.09. The average molecular weight is 311 g/mol. The van der Waals surface area contributed by atoms with Gasteiger partial charge in [-0.3, -0.25) is 0 Å². The average Bonchev–Trinajstić information content (AvgIpc) is 2.57. The van der Waals surface area contributed by atoms with Gasteiger partial charge in [-0.05, 0) is 23.8 Å². The number of esters is 2. The lowest BCUT2D eigenvalue weighted by Gasteiger charge is -2.08. The number of rotatable bonds is 6. The van der Waals surface area contributed by atoms with Gasteiger partial charge in [-0.25, -0.2) is 9.59 Å². The van der Waals surface area contributed by atoms with Crippen molar-refractivity contribution in [3.05, 3.63) is 77.9 Å². The van der Waals surface area contributed by atoms with Crippen molar-refractivity contribution in [1.82, 2.24) is 0 Å². The van der Waals surface area contributed by atoms with E-state index in [9.17, 15) is 9.59 Å². The summed E-state index contributed by atoms with van der Waals surface area (Å²) in [5, 5.41) is 0. The highest BCUT2D eigenvalue weighted by molar-refractivity contribution is 5.96. The van der Waals surface area contributed by atoms with E-state index >= 15 is 0 Å². The second kappa shape index (κ2) is 7.79. The van der Waals surface area contributed by atoms with Crippen LogP contribution < -0.4 is 5.73 Å². The molecule has 0 radical (unpaired) electrons. The summed E-state index contributed by atoms with van der Waals surface area (Å²) in [5.74, 6) is -1.13. The number of hydrogen-bond acceptors (Lipinski definition) is 5. The SMILES string of the molecule is C=CCOC(=O)c1cc(N)cc(C(=O)OCc2ccccc2)c1. The molecule has 23 heavy (non-hydrogen) atoms. The van der Waals surface area contributed by atoms with E-state index in [2.05, 4.69) is 6.58 Å². The van der Waals surface area contributed by atoms with E-state index in [1.165, 1.54) is 24.3 Å². The molecule has 5 heteroatoms. The van der Waals surface area contributed by atoms with Gasteiger partial charge in [0.2, 0.25) is 0 Å². The first-order valence-electron chi connectivity index (χ1n) is 7.00. The number of carbonyl (C=O) groups is 2. The monoisotopic (exact) mass is 311 g/mol. The number of hydrogen-bond donors (Lipinski definition) is 1. The molecule has 0 unspecified atom stereocenters. The van der Waals surface area contributed by atoms with Crippen molar-refractivity contribution >= 4 is 17.6 Å². The first-order valence-corrected chi connectivity index (χ1v) is 7.00. The number of anilines is 1. The molecular weight excluding hydrogens is 294 g/mol. The molecule has 0 saturated heterocycles. The van der Waals surface area contributed by atoms with Crippen LogP contribution >= 0.6 is 0 Å². The number of nitrogen functional groups attached to an aromatic ring is 1. The van der Waals surface area contributed by atoms with Crippen molar-refractivity contribution in [2.24, 2.45) is 0 Å². The van der Waals surface area contributed by atoms with Gasteiger partial charge in [0.05, 0.1) is 11.1 Å². The molecule has 0 aliphatic heterocycles. The number of nitrogens with two attached hydrogens (primary N) is 1. The Kier molecular flexibility index (Phi) is 5.52. The molecule has 0 heterocycles. The predicted molar refractivity (Wildman–Crippen MR) is 86.9 cm³/mol. The van der Waals surface area contributed by atoms with Crippen LogP contribution in [-0.4, -0.2) is 18.5 Å². The van der Waals surface area contributed by atoms with Crippen molar-refractivity contribution in [3.8, 4) is 0 Å². The maximum atomic E-state index is 12.1. The molecule has 0 aliphatic carbocycles. The fourth-order valence-corrected chi connectivity index (χ4v) is 1.91. The molecule has 0 aliphatic rings. The molecule has 0 bridgehead atoms. The third kappa shape index (κ3) is 4.71. The van der Waals surface area contributed by atoms with E-state index in [0.717, 1.165) is 5.56 Å². The highest BCUT2D eigenvalue weighted by Gasteiger charge is 2.14. The Morgan fingerprint density at radius 3 is 2.22 bits per heavy atom. The van der Waals surface area contributed by atoms with Crippen LogP contribution in [0.15, 0.2) is 61.2 Å². The van der Waals surface area contributed by atoms with E-state index in [0.29, 0.717) is 0 Å². The van der Waals surface area contributed by atoms with Crippen LogP contribution in [0.5, 0.6) is 0 Å². The third-order valence-corrected chi connectivity index (χ3v) is 2.97. The van der Waals surface area contributed by atoms with E-state index in [4.69, 9.17) is 15.2 Å². The fraction of sp³-hybridized carbons (Fsp3) is 0.111. The zero-order chi connectivity index (χ0) is 16.7. The fourth-order valence-electron chi connectivity index (χ4n) is 1.91. The molecule has 2 aromatic carbocycles. The summed E-state index contributed by atoms with van der Waals surface area (Å²) in [6.45, 7) is 3.70. The molecule has 0 saturated carbocycles. The Morgan fingerprint density at radius 2 is 1.61 bits per heavy atom. The van der Waals surface area contributed by atoms with Gasteiger partial charge >= 0.3 is 11.9 Å². The summed E-state index contributed by atoms with van der Waals surface area (Å²) in [4.78, 5) is 23.9. The summed E-state index contributed by atoms with van der Waals surface area (Å²) in [6, 6.07) is 13.6. The topological polar surface area (TPSA) is 78.6 Å². The van der Waals surface area contributed by atoms with Crippen LogP contribution in [0, 0.1) is 0 Å². The molecule has 0 amide bonds. The first-order chi connectivity index (χ1) is 11.1.